The zero-order chi connectivity index (χ0) is 16.4. The van der Waals surface area contributed by atoms with Crippen LogP contribution in [-0.4, -0.2) is 11.5 Å². The molecule has 0 aromatic carbocycles. The van der Waals surface area contributed by atoms with Crippen molar-refractivity contribution in [3.05, 3.63) is 11.1 Å². The number of fused-ring (bicyclic) bond motifs is 5. The zero-order valence-electron chi connectivity index (χ0n) is 15.0. The van der Waals surface area contributed by atoms with Crippen LogP contribution >= 0.6 is 0 Å². The van der Waals surface area contributed by atoms with Crippen LogP contribution in [0.25, 0.3) is 0 Å². The van der Waals surface area contributed by atoms with E-state index in [0.717, 1.165) is 43.7 Å². The van der Waals surface area contributed by atoms with Crippen molar-refractivity contribution < 1.29 is 4.79 Å². The quantitative estimate of drug-likeness (QED) is 0.615. The van der Waals surface area contributed by atoms with Gasteiger partial charge in [-0.05, 0) is 87.9 Å². The molecule has 0 saturated heterocycles. The van der Waals surface area contributed by atoms with Crippen LogP contribution in [0.15, 0.2) is 11.1 Å². The van der Waals surface area contributed by atoms with Crippen molar-refractivity contribution in [1.29, 1.82) is 5.41 Å². The Hall–Kier alpha value is -0.920. The Bertz CT molecular complexity index is 585. The average Bonchev–Trinajstić information content (AvgIpc) is 2.89. The average molecular weight is 313 g/mol. The highest BCUT2D eigenvalue weighted by Crippen LogP contribution is 2.64. The molecule has 4 rings (SSSR count). The Morgan fingerprint density at radius 2 is 1.91 bits per heavy atom. The third-order valence-corrected chi connectivity index (χ3v) is 8.09. The summed E-state index contributed by atoms with van der Waals surface area (Å²) in [4.78, 5) is 12.3. The van der Waals surface area contributed by atoms with Crippen LogP contribution in [0.5, 0.6) is 0 Å². The molecule has 4 aliphatic rings. The van der Waals surface area contributed by atoms with E-state index in [2.05, 4.69) is 20.8 Å². The highest BCUT2D eigenvalue weighted by Gasteiger charge is 2.57. The summed E-state index contributed by atoms with van der Waals surface area (Å²) in [6.45, 7) is 7.09. The van der Waals surface area contributed by atoms with E-state index < -0.39 is 0 Å². The molecule has 0 spiro atoms. The topological polar surface area (TPSA) is 40.9 Å². The molecular formula is C21H31NO. The predicted octanol–water partition coefficient (Wildman–Crippen LogP) is 5.17. The third-order valence-electron chi connectivity index (χ3n) is 8.09. The first-order valence-electron chi connectivity index (χ1n) is 9.67. The van der Waals surface area contributed by atoms with E-state index in [4.69, 9.17) is 5.41 Å². The van der Waals surface area contributed by atoms with Gasteiger partial charge in [-0.2, -0.15) is 0 Å². The highest BCUT2D eigenvalue weighted by atomic mass is 16.1. The number of allylic oxidation sites excluding steroid dienone is 2. The van der Waals surface area contributed by atoms with Crippen molar-refractivity contribution in [1.82, 2.24) is 0 Å². The van der Waals surface area contributed by atoms with Gasteiger partial charge < -0.3 is 5.41 Å². The number of carbonyl (C=O) groups excluding carboxylic acids is 1. The second-order valence-electron chi connectivity index (χ2n) is 9.22. The second-order valence-corrected chi connectivity index (χ2v) is 9.22. The monoisotopic (exact) mass is 313 g/mol. The fourth-order valence-electron chi connectivity index (χ4n) is 6.81. The van der Waals surface area contributed by atoms with E-state index >= 15 is 0 Å². The molecule has 0 amide bonds. The maximum atomic E-state index is 12.3. The summed E-state index contributed by atoms with van der Waals surface area (Å²) in [6.07, 6.45) is 8.78. The molecule has 0 aromatic rings. The molecule has 0 heterocycles. The smallest absolute Gasteiger partial charge is 0.136 e. The van der Waals surface area contributed by atoms with Crippen LogP contribution in [0.2, 0.25) is 0 Å². The van der Waals surface area contributed by atoms with E-state index in [1.807, 2.05) is 0 Å². The first-order chi connectivity index (χ1) is 10.9. The summed E-state index contributed by atoms with van der Waals surface area (Å²) in [5.41, 5.74) is 4.56. The number of hydrogen-bond donors (Lipinski definition) is 1. The standard InChI is InChI=1S/C21H31NO/c1-12(2)17-11-13-10-14(22)8-9-21(13,3)18-6-4-15-16(20(17)18)5-7-19(15)23/h13,15-16,18,20,22H,4-11H2,1-3H3. The Kier molecular flexibility index (Phi) is 3.59. The maximum absolute atomic E-state index is 12.3. The summed E-state index contributed by atoms with van der Waals surface area (Å²) in [5.74, 6) is 3.64. The van der Waals surface area contributed by atoms with Crippen LogP contribution in [0.3, 0.4) is 0 Å². The summed E-state index contributed by atoms with van der Waals surface area (Å²) >= 11 is 0. The van der Waals surface area contributed by atoms with Crippen molar-refractivity contribution in [3.63, 3.8) is 0 Å². The molecular weight excluding hydrogens is 282 g/mol. The lowest BCUT2D eigenvalue weighted by atomic mass is 9.45. The van der Waals surface area contributed by atoms with Gasteiger partial charge in [-0.25, -0.2) is 0 Å². The van der Waals surface area contributed by atoms with Crippen LogP contribution in [-0.2, 0) is 4.79 Å². The van der Waals surface area contributed by atoms with Crippen molar-refractivity contribution in [2.75, 3.05) is 0 Å². The lowest BCUT2D eigenvalue weighted by Gasteiger charge is -2.59. The van der Waals surface area contributed by atoms with Gasteiger partial charge in [0, 0.05) is 18.1 Å². The molecule has 23 heavy (non-hydrogen) atoms. The molecule has 126 valence electrons. The largest absolute Gasteiger partial charge is 0.310 e. The lowest BCUT2D eigenvalue weighted by molar-refractivity contribution is -0.124. The van der Waals surface area contributed by atoms with Crippen LogP contribution < -0.4 is 0 Å². The van der Waals surface area contributed by atoms with E-state index in [9.17, 15) is 4.79 Å². The highest BCUT2D eigenvalue weighted by molar-refractivity contribution is 5.84. The van der Waals surface area contributed by atoms with Crippen LogP contribution in [0.4, 0.5) is 0 Å². The van der Waals surface area contributed by atoms with E-state index in [0.29, 0.717) is 34.9 Å². The molecule has 0 aliphatic heterocycles. The molecule has 6 atom stereocenters. The Labute approximate surface area is 140 Å². The second kappa shape index (κ2) is 5.29. The molecule has 4 saturated carbocycles. The normalized spacial score (nSPS) is 46.2. The van der Waals surface area contributed by atoms with Gasteiger partial charge >= 0.3 is 0 Å². The Balaban J connectivity index is 1.76. The van der Waals surface area contributed by atoms with Gasteiger partial charge in [0.05, 0.1) is 0 Å². The molecule has 4 fully saturated rings. The maximum Gasteiger partial charge on any atom is 0.136 e. The van der Waals surface area contributed by atoms with E-state index in [1.165, 1.54) is 24.8 Å². The van der Waals surface area contributed by atoms with Crippen molar-refractivity contribution >= 4 is 11.5 Å². The lowest BCUT2D eigenvalue weighted by Crippen LogP contribution is -2.52. The number of carbonyl (C=O) groups is 1. The Morgan fingerprint density at radius 3 is 2.65 bits per heavy atom. The van der Waals surface area contributed by atoms with Gasteiger partial charge in [0.15, 0.2) is 0 Å². The van der Waals surface area contributed by atoms with E-state index in [-0.39, 0.29) is 0 Å². The number of nitrogens with one attached hydrogen (secondary N) is 1. The third kappa shape index (κ3) is 2.20. The van der Waals surface area contributed by atoms with Gasteiger partial charge in [-0.3, -0.25) is 4.79 Å². The van der Waals surface area contributed by atoms with Gasteiger partial charge in [0.2, 0.25) is 0 Å². The van der Waals surface area contributed by atoms with Gasteiger partial charge in [-0.1, -0.05) is 18.1 Å². The number of rotatable bonds is 0. The minimum Gasteiger partial charge on any atom is -0.310 e. The fourth-order valence-corrected chi connectivity index (χ4v) is 6.81. The first-order valence-corrected chi connectivity index (χ1v) is 9.67. The summed E-state index contributed by atoms with van der Waals surface area (Å²) in [7, 11) is 0. The first kappa shape index (κ1) is 15.6. The fraction of sp³-hybridized carbons (Fsp3) is 0.810. The zero-order valence-corrected chi connectivity index (χ0v) is 15.0. The number of Topliss-reactive ketones (excluding diaryl/α,β-unsaturated/α-hetero) is 1. The predicted molar refractivity (Wildman–Crippen MR) is 93.6 cm³/mol. The van der Waals surface area contributed by atoms with Crippen molar-refractivity contribution in [2.24, 2.45) is 35.0 Å². The minimum atomic E-state index is 0.368. The van der Waals surface area contributed by atoms with Gasteiger partial charge in [-0.15, -0.1) is 0 Å². The van der Waals surface area contributed by atoms with E-state index in [1.54, 1.807) is 5.57 Å². The molecule has 0 aromatic heterocycles. The van der Waals surface area contributed by atoms with Crippen LogP contribution in [0.1, 0.15) is 72.1 Å². The van der Waals surface area contributed by atoms with Crippen molar-refractivity contribution in [3.8, 4) is 0 Å². The summed E-state index contributed by atoms with van der Waals surface area (Å²) in [5, 5.41) is 8.19. The summed E-state index contributed by atoms with van der Waals surface area (Å²) < 4.78 is 0. The van der Waals surface area contributed by atoms with Gasteiger partial charge in [0.25, 0.3) is 0 Å². The molecule has 0 radical (unpaired) electrons. The minimum absolute atomic E-state index is 0.368. The Morgan fingerprint density at radius 1 is 1.13 bits per heavy atom. The van der Waals surface area contributed by atoms with Gasteiger partial charge in [0.1, 0.15) is 5.78 Å². The molecule has 1 N–H and O–H groups in total. The molecule has 6 unspecified atom stereocenters. The summed E-state index contributed by atoms with van der Waals surface area (Å²) in [6, 6.07) is 0. The molecule has 0 bridgehead atoms. The molecule has 2 nitrogen and oxygen atoms in total. The molecule has 2 heteroatoms. The SMILES string of the molecule is CC(C)=C1CC2CC(=N)CCC2(C)C2CCC3C(=O)CCC3C12. The van der Waals surface area contributed by atoms with Crippen molar-refractivity contribution in [2.45, 2.75) is 72.1 Å². The number of hydrogen-bond acceptors (Lipinski definition) is 2. The van der Waals surface area contributed by atoms with Crippen LogP contribution in [0, 0.1) is 40.4 Å². The number of ketones is 1. The molecule has 4 aliphatic carbocycles.